The quantitative estimate of drug-likeness (QED) is 0.257. The SMILES string of the molecule is C[Si](C)C.C[Si](C)C.Cl.Cl.[C-]1=CC=CC1.[CH3-].[CH3-].[CH3-].[CH3-].[CH3-].[NH2-].[Zr]. The van der Waals surface area contributed by atoms with Crippen LogP contribution in [0.3, 0.4) is 0 Å². The molecular weight excluding hydrogens is 424 g/mol. The molecule has 144 valence electrons. The molecule has 6 heteroatoms. The van der Waals surface area contributed by atoms with Crippen LogP contribution < -0.4 is 0 Å². The molecule has 0 fully saturated rings. The number of hydrogen-bond acceptors (Lipinski definition) is 0. The Kier molecular flexibility index (Phi) is 232. The zero-order valence-electron chi connectivity index (χ0n) is 16.8. The van der Waals surface area contributed by atoms with Crippen molar-refractivity contribution in [3.63, 3.8) is 0 Å². The molecule has 0 heterocycles. The summed E-state index contributed by atoms with van der Waals surface area (Å²) < 4.78 is 0. The van der Waals surface area contributed by atoms with Gasteiger partial charge in [-0.1, -0.05) is 39.3 Å². The van der Waals surface area contributed by atoms with E-state index in [1.165, 1.54) is 0 Å². The van der Waals surface area contributed by atoms with Crippen LogP contribution in [0, 0.1) is 43.2 Å². The van der Waals surface area contributed by atoms with Gasteiger partial charge in [0, 0.05) is 43.8 Å². The second-order valence-electron chi connectivity index (χ2n) is 4.00. The van der Waals surface area contributed by atoms with Crippen molar-refractivity contribution in [2.75, 3.05) is 0 Å². The molecule has 0 aromatic heterocycles. The molecule has 0 spiro atoms. The maximum absolute atomic E-state index is 2.99. The molecule has 2 radical (unpaired) electrons. The molecule has 1 nitrogen and oxygen atoms in total. The van der Waals surface area contributed by atoms with Gasteiger partial charge in [-0.2, -0.15) is 6.08 Å². The summed E-state index contributed by atoms with van der Waals surface area (Å²) in [5, 5.41) is 0. The van der Waals surface area contributed by atoms with Gasteiger partial charge in [0.05, 0.1) is 0 Å². The average Bonchev–Trinajstić information content (AvgIpc) is 2.35. The number of rotatable bonds is 0. The summed E-state index contributed by atoms with van der Waals surface area (Å²) >= 11 is 0. The van der Waals surface area contributed by atoms with Gasteiger partial charge in [-0.3, -0.25) is 6.08 Å². The number of nitrogens with two attached hydrogens (primary N) is 1. The molecule has 2 N–H and O–H groups in total. The van der Waals surface area contributed by atoms with Crippen molar-refractivity contribution in [3.8, 4) is 0 Å². The van der Waals surface area contributed by atoms with Crippen LogP contribution in [0.25, 0.3) is 6.15 Å². The van der Waals surface area contributed by atoms with E-state index in [9.17, 15) is 0 Å². The van der Waals surface area contributed by atoms with E-state index in [4.69, 9.17) is 0 Å². The largest absolute Gasteiger partial charge is 0.693 e. The minimum atomic E-state index is 0. The Balaban J connectivity index is -0.00000000767. The van der Waals surface area contributed by atoms with E-state index in [1.807, 2.05) is 12.2 Å². The van der Waals surface area contributed by atoms with Gasteiger partial charge in [0.15, 0.2) is 0 Å². The smallest absolute Gasteiger partial charge is 0.0379 e. The van der Waals surface area contributed by atoms with Gasteiger partial charge in [-0.15, -0.1) is 31.2 Å². The number of allylic oxidation sites excluding steroid dienone is 4. The van der Waals surface area contributed by atoms with Crippen molar-refractivity contribution in [1.82, 2.24) is 0 Å². The van der Waals surface area contributed by atoms with Gasteiger partial charge in [-0.05, 0) is 0 Å². The monoisotopic (exact) mass is 464 g/mol. The molecule has 0 aliphatic heterocycles. The number of halogens is 2. The summed E-state index contributed by atoms with van der Waals surface area (Å²) in [6, 6.07) is 0. The molecule has 1 aliphatic carbocycles. The van der Waals surface area contributed by atoms with E-state index in [0.29, 0.717) is 0 Å². The molecule has 0 amide bonds. The van der Waals surface area contributed by atoms with E-state index in [1.54, 1.807) is 0 Å². The Labute approximate surface area is 181 Å². The Bertz CT molecular complexity index is 136. The third kappa shape index (κ3) is 220. The Morgan fingerprint density at radius 1 is 0.727 bits per heavy atom. The van der Waals surface area contributed by atoms with Gasteiger partial charge in [-0.25, -0.2) is 12.2 Å². The second kappa shape index (κ2) is 66.8. The molecule has 0 bridgehead atoms. The summed E-state index contributed by atoms with van der Waals surface area (Å²) in [6.45, 7) is 13.6. The van der Waals surface area contributed by atoms with Gasteiger partial charge < -0.3 is 43.3 Å². The Morgan fingerprint density at radius 3 is 1.00 bits per heavy atom. The molecule has 1 aliphatic rings. The van der Waals surface area contributed by atoms with Crippen molar-refractivity contribution < 1.29 is 26.2 Å². The number of hydrogen-bond donors (Lipinski definition) is 0. The van der Waals surface area contributed by atoms with Gasteiger partial charge >= 0.3 is 0 Å². The van der Waals surface area contributed by atoms with Crippen LogP contribution in [0.2, 0.25) is 39.3 Å². The first-order valence-corrected chi connectivity index (χ1v) is 10.7. The first kappa shape index (κ1) is 76.5. The van der Waals surface area contributed by atoms with Crippen molar-refractivity contribution in [3.05, 3.63) is 67.6 Å². The van der Waals surface area contributed by atoms with Crippen LogP contribution in [-0.2, 0) is 26.2 Å². The van der Waals surface area contributed by atoms with Crippen LogP contribution in [0.1, 0.15) is 6.42 Å². The fourth-order valence-corrected chi connectivity index (χ4v) is 0.340. The third-order valence-electron chi connectivity index (χ3n) is 0.586. The second-order valence-corrected chi connectivity index (χ2v) is 10.0. The Hall–Kier alpha value is 1.34. The third-order valence-corrected chi connectivity index (χ3v) is 0.586. The zero-order valence-corrected chi connectivity index (χ0v) is 22.9. The van der Waals surface area contributed by atoms with Crippen molar-refractivity contribution in [1.29, 1.82) is 0 Å². The van der Waals surface area contributed by atoms with Crippen LogP contribution in [-0.4, -0.2) is 17.6 Å². The van der Waals surface area contributed by atoms with E-state index in [0.717, 1.165) is 6.42 Å². The van der Waals surface area contributed by atoms with Gasteiger partial charge in [0.1, 0.15) is 0 Å². The molecule has 0 unspecified atom stereocenters. The first-order valence-electron chi connectivity index (χ1n) is 4.72. The average molecular weight is 467 g/mol. The minimum absolute atomic E-state index is 0. The van der Waals surface area contributed by atoms with Crippen molar-refractivity contribution >= 4 is 42.4 Å². The van der Waals surface area contributed by atoms with Crippen molar-refractivity contribution in [2.24, 2.45) is 0 Å². The molecule has 0 aromatic carbocycles. The molecule has 0 saturated heterocycles. The predicted molar refractivity (Wildman–Crippen MR) is 120 cm³/mol. The van der Waals surface area contributed by atoms with Gasteiger partial charge in [0.25, 0.3) is 0 Å². The first-order chi connectivity index (χ1) is 5.96. The van der Waals surface area contributed by atoms with Crippen LogP contribution in [0.5, 0.6) is 0 Å². The maximum Gasteiger partial charge on any atom is 0.0379 e. The van der Waals surface area contributed by atoms with E-state index < -0.39 is 0 Å². The normalized spacial score (nSPS) is 7.27. The summed E-state index contributed by atoms with van der Waals surface area (Å²) in [5.74, 6) is 0. The molecule has 0 atom stereocenters. The molecule has 1 rings (SSSR count). The van der Waals surface area contributed by atoms with E-state index in [2.05, 4.69) is 51.4 Å². The summed E-state index contributed by atoms with van der Waals surface area (Å²) in [4.78, 5) is 0. The molecule has 0 saturated carbocycles. The van der Waals surface area contributed by atoms with Crippen molar-refractivity contribution in [2.45, 2.75) is 45.7 Å². The summed E-state index contributed by atoms with van der Waals surface area (Å²) in [6.07, 6.45) is 10.0. The Morgan fingerprint density at radius 2 is 0.955 bits per heavy atom. The van der Waals surface area contributed by atoms with Crippen LogP contribution in [0.15, 0.2) is 18.2 Å². The fraction of sp³-hybridized carbons (Fsp3) is 0.438. The fourth-order valence-electron chi connectivity index (χ4n) is 0.340. The molecule has 22 heavy (non-hydrogen) atoms. The van der Waals surface area contributed by atoms with Gasteiger partial charge in [0.2, 0.25) is 0 Å². The summed E-state index contributed by atoms with van der Waals surface area (Å²) in [5.41, 5.74) is 0. The molecular formula is C16H42Cl2NSi2Zr-7. The van der Waals surface area contributed by atoms with Crippen LogP contribution in [0.4, 0.5) is 0 Å². The standard InChI is InChI=1S/C5H5.2C3H9Si.5CH3.2ClH.H2N.Zr/c1-2-4-5-3-1;2*1-4(2)3;;;;;;;;;/h1-3H,4H2;2*1-3H3;5*1H3;2*1H;1H2;/q-1;;;5*-1;;;-1;. The summed E-state index contributed by atoms with van der Waals surface area (Å²) in [7, 11) is 0.241. The predicted octanol–water partition coefficient (Wildman–Crippen LogP) is 7.86. The minimum Gasteiger partial charge on any atom is -0.693 e. The zero-order chi connectivity index (χ0) is 10.7. The van der Waals surface area contributed by atoms with Crippen LogP contribution >= 0.6 is 24.8 Å². The maximum atomic E-state index is 2.99. The van der Waals surface area contributed by atoms with E-state index >= 15 is 0 Å². The topological polar surface area (TPSA) is 33.5 Å². The van der Waals surface area contributed by atoms with E-state index in [-0.39, 0.29) is 112 Å². The molecule has 0 aromatic rings.